The first-order chi connectivity index (χ1) is 29.2. The molecule has 4 heterocycles. The lowest BCUT2D eigenvalue weighted by Crippen LogP contribution is -1.96. The van der Waals surface area contributed by atoms with Crippen LogP contribution in [0.3, 0.4) is 0 Å². The number of fused-ring (bicyclic) bond motifs is 5. The molecule has 11 aromatic rings. The highest BCUT2D eigenvalue weighted by molar-refractivity contribution is 6.09. The van der Waals surface area contributed by atoms with E-state index in [0.29, 0.717) is 5.82 Å². The number of rotatable bonds is 7. The van der Waals surface area contributed by atoms with Crippen molar-refractivity contribution in [2.45, 2.75) is 0 Å². The van der Waals surface area contributed by atoms with Gasteiger partial charge in [-0.2, -0.15) is 0 Å². The van der Waals surface area contributed by atoms with Gasteiger partial charge in [0, 0.05) is 33.8 Å². The number of hydrogen-bond acceptors (Lipinski definition) is 4. The second-order valence-corrected chi connectivity index (χ2v) is 14.7. The number of aromatic nitrogens is 5. The van der Waals surface area contributed by atoms with Crippen molar-refractivity contribution in [2.24, 2.45) is 0 Å². The molecule has 7 aromatic carbocycles. The van der Waals surface area contributed by atoms with Crippen LogP contribution in [0.2, 0.25) is 0 Å². The molecular formula is C54H35N5. The van der Waals surface area contributed by atoms with Crippen LogP contribution in [0.5, 0.6) is 0 Å². The maximum absolute atomic E-state index is 5.25. The number of pyridine rings is 2. The molecule has 0 spiro atoms. The average molecular weight is 754 g/mol. The highest BCUT2D eigenvalue weighted by Crippen LogP contribution is 2.36. The molecule has 0 atom stereocenters. The van der Waals surface area contributed by atoms with Gasteiger partial charge >= 0.3 is 0 Å². The van der Waals surface area contributed by atoms with Gasteiger partial charge in [0.05, 0.1) is 28.1 Å². The maximum atomic E-state index is 5.25. The zero-order valence-corrected chi connectivity index (χ0v) is 31.9. The van der Waals surface area contributed by atoms with Crippen LogP contribution in [0, 0.1) is 0 Å². The fourth-order valence-corrected chi connectivity index (χ4v) is 8.06. The van der Waals surface area contributed by atoms with Crippen molar-refractivity contribution < 1.29 is 0 Å². The Labute approximate surface area is 341 Å². The summed E-state index contributed by atoms with van der Waals surface area (Å²) in [4.78, 5) is 20.7. The Balaban J connectivity index is 1.00. The minimum atomic E-state index is 0.678. The van der Waals surface area contributed by atoms with E-state index < -0.39 is 0 Å². The van der Waals surface area contributed by atoms with Crippen molar-refractivity contribution in [2.75, 3.05) is 0 Å². The second kappa shape index (κ2) is 14.5. The van der Waals surface area contributed by atoms with Crippen molar-refractivity contribution >= 4 is 27.6 Å². The molecule has 5 heteroatoms. The molecule has 276 valence electrons. The minimum Gasteiger partial charge on any atom is -0.298 e. The van der Waals surface area contributed by atoms with Crippen LogP contribution in [-0.4, -0.2) is 24.3 Å². The first-order valence-electron chi connectivity index (χ1n) is 19.8. The van der Waals surface area contributed by atoms with Crippen molar-refractivity contribution in [3.05, 3.63) is 212 Å². The van der Waals surface area contributed by atoms with E-state index in [9.17, 15) is 0 Å². The van der Waals surface area contributed by atoms with Gasteiger partial charge in [-0.25, -0.2) is 19.9 Å². The maximum Gasteiger partial charge on any atom is 0.160 e. The van der Waals surface area contributed by atoms with E-state index in [1.165, 1.54) is 0 Å². The standard InChI is InChI=1S/C54H35N5/c1-3-14-36(15-4-1)40-18-11-21-43(32-40)48-35-49(57-54(56-48)45-23-13-20-42(34-45)37-16-5-2-6-17-37)44-22-12-19-41(33-44)38-27-29-39(30-28-38)51-53-52(46-24-7-8-25-47(46)55-51)58-50-26-9-10-31-59(50)53/h1-35H. The van der Waals surface area contributed by atoms with Crippen molar-refractivity contribution in [3.8, 4) is 78.5 Å². The van der Waals surface area contributed by atoms with Crippen molar-refractivity contribution in [1.82, 2.24) is 24.3 Å². The van der Waals surface area contributed by atoms with E-state index in [1.807, 2.05) is 42.5 Å². The predicted octanol–water partition coefficient (Wildman–Crippen LogP) is 13.5. The Morgan fingerprint density at radius 3 is 1.46 bits per heavy atom. The molecule has 0 fully saturated rings. The van der Waals surface area contributed by atoms with Crippen LogP contribution in [0.4, 0.5) is 0 Å². The summed E-state index contributed by atoms with van der Waals surface area (Å²) in [6.45, 7) is 0. The van der Waals surface area contributed by atoms with Gasteiger partial charge in [0.15, 0.2) is 5.82 Å². The largest absolute Gasteiger partial charge is 0.298 e. The lowest BCUT2D eigenvalue weighted by atomic mass is 9.98. The van der Waals surface area contributed by atoms with Crippen LogP contribution < -0.4 is 0 Å². The quantitative estimate of drug-likeness (QED) is 0.163. The molecule has 0 amide bonds. The molecule has 0 N–H and O–H groups in total. The summed E-state index contributed by atoms with van der Waals surface area (Å²) in [7, 11) is 0. The molecule has 0 saturated heterocycles. The molecule has 5 nitrogen and oxygen atoms in total. The summed E-state index contributed by atoms with van der Waals surface area (Å²) in [5.41, 5.74) is 17.2. The normalized spacial score (nSPS) is 11.4. The van der Waals surface area contributed by atoms with Gasteiger partial charge in [0.25, 0.3) is 0 Å². The number of para-hydroxylation sites is 1. The highest BCUT2D eigenvalue weighted by atomic mass is 15.0. The van der Waals surface area contributed by atoms with Gasteiger partial charge in [-0.05, 0) is 75.8 Å². The molecule has 4 aromatic heterocycles. The summed E-state index contributed by atoms with van der Waals surface area (Å²) in [5, 5.41) is 1.05. The molecule has 0 saturated carbocycles. The lowest BCUT2D eigenvalue weighted by Gasteiger charge is -2.12. The zero-order valence-electron chi connectivity index (χ0n) is 31.9. The van der Waals surface area contributed by atoms with Crippen LogP contribution in [-0.2, 0) is 0 Å². The fraction of sp³-hybridized carbons (Fsp3) is 0. The molecule has 0 radical (unpaired) electrons. The lowest BCUT2D eigenvalue weighted by molar-refractivity contribution is 1.18. The molecular weight excluding hydrogens is 719 g/mol. The first kappa shape index (κ1) is 34.2. The second-order valence-electron chi connectivity index (χ2n) is 14.7. The van der Waals surface area contributed by atoms with E-state index in [2.05, 4.69) is 174 Å². The third kappa shape index (κ3) is 6.41. The van der Waals surface area contributed by atoms with Gasteiger partial charge in [-0.1, -0.05) is 164 Å². The van der Waals surface area contributed by atoms with Crippen LogP contribution in [0.25, 0.3) is 106 Å². The van der Waals surface area contributed by atoms with E-state index in [-0.39, 0.29) is 0 Å². The van der Waals surface area contributed by atoms with Gasteiger partial charge < -0.3 is 0 Å². The smallest absolute Gasteiger partial charge is 0.160 e. The predicted molar refractivity (Wildman–Crippen MR) is 242 cm³/mol. The number of nitrogens with zero attached hydrogens (tertiary/aromatic N) is 5. The average Bonchev–Trinajstić information content (AvgIpc) is 3.72. The van der Waals surface area contributed by atoms with E-state index >= 15 is 0 Å². The fourth-order valence-electron chi connectivity index (χ4n) is 8.06. The summed E-state index contributed by atoms with van der Waals surface area (Å²) in [6.07, 6.45) is 2.06. The highest BCUT2D eigenvalue weighted by Gasteiger charge is 2.17. The van der Waals surface area contributed by atoms with Gasteiger partial charge in [-0.15, -0.1) is 0 Å². The summed E-state index contributed by atoms with van der Waals surface area (Å²) in [6, 6.07) is 71.8. The molecule has 0 aliphatic carbocycles. The Bertz CT molecular complexity index is 3220. The summed E-state index contributed by atoms with van der Waals surface area (Å²) in [5.74, 6) is 0.678. The third-order valence-electron chi connectivity index (χ3n) is 11.0. The molecule has 0 aliphatic rings. The monoisotopic (exact) mass is 753 g/mol. The van der Waals surface area contributed by atoms with E-state index in [1.54, 1.807) is 0 Å². The van der Waals surface area contributed by atoms with Crippen molar-refractivity contribution in [3.63, 3.8) is 0 Å². The molecule has 11 rings (SSSR count). The molecule has 0 aliphatic heterocycles. The van der Waals surface area contributed by atoms with Gasteiger partial charge in [-0.3, -0.25) is 4.40 Å². The van der Waals surface area contributed by atoms with Crippen LogP contribution in [0.15, 0.2) is 212 Å². The molecule has 59 heavy (non-hydrogen) atoms. The first-order valence-corrected chi connectivity index (χ1v) is 19.8. The van der Waals surface area contributed by atoms with E-state index in [0.717, 1.165) is 100 Å². The number of imidazole rings is 1. The van der Waals surface area contributed by atoms with Gasteiger partial charge in [0.1, 0.15) is 11.2 Å². The van der Waals surface area contributed by atoms with Gasteiger partial charge in [0.2, 0.25) is 0 Å². The Hall–Kier alpha value is -8.02. The molecule has 0 bridgehead atoms. The van der Waals surface area contributed by atoms with Crippen LogP contribution in [0.1, 0.15) is 0 Å². The molecule has 0 unspecified atom stereocenters. The third-order valence-corrected chi connectivity index (χ3v) is 11.0. The topological polar surface area (TPSA) is 56.0 Å². The summed E-state index contributed by atoms with van der Waals surface area (Å²) >= 11 is 0. The number of hydrogen-bond donors (Lipinski definition) is 0. The minimum absolute atomic E-state index is 0.678. The Morgan fingerprint density at radius 2 is 0.814 bits per heavy atom. The SMILES string of the molecule is c1ccc(-c2cccc(-c3cc(-c4cccc(-c5ccc(-c6nc7ccccc7c7nc8ccccn8c67)cc5)c4)nc(-c4cccc(-c5ccccc5)c4)n3)c2)cc1. The van der Waals surface area contributed by atoms with E-state index in [4.69, 9.17) is 19.9 Å². The summed E-state index contributed by atoms with van der Waals surface area (Å²) < 4.78 is 2.14. The number of benzene rings is 7. The van der Waals surface area contributed by atoms with Crippen LogP contribution >= 0.6 is 0 Å². The van der Waals surface area contributed by atoms with Crippen molar-refractivity contribution in [1.29, 1.82) is 0 Å². The Morgan fingerprint density at radius 1 is 0.322 bits per heavy atom. The zero-order chi connectivity index (χ0) is 39.1. The Kier molecular flexibility index (Phi) is 8.41.